The minimum Gasteiger partial charge on any atom is -0.479 e. The van der Waals surface area contributed by atoms with Gasteiger partial charge in [0.2, 0.25) is 0 Å². The number of carboxylic acid groups (broad SMARTS) is 1. The summed E-state index contributed by atoms with van der Waals surface area (Å²) < 4.78 is 3.18. The molecule has 1 unspecified atom stereocenters. The van der Waals surface area contributed by atoms with Crippen LogP contribution in [-0.4, -0.2) is 25.4 Å². The zero-order valence-electron chi connectivity index (χ0n) is 11.0. The summed E-state index contributed by atoms with van der Waals surface area (Å²) in [7, 11) is 1.73. The van der Waals surface area contributed by atoms with Crippen LogP contribution in [-0.2, 0) is 11.8 Å². The molecule has 0 saturated carbocycles. The van der Waals surface area contributed by atoms with Gasteiger partial charge in [0.15, 0.2) is 11.5 Å². The summed E-state index contributed by atoms with van der Waals surface area (Å²) in [4.78, 5) is 23.0. The summed E-state index contributed by atoms with van der Waals surface area (Å²) in [5, 5.41) is 13.5. The largest absolute Gasteiger partial charge is 0.479 e. The molecular formula is C13H15N3O3. The number of aryl methyl sites for hydroxylation is 3. The Hall–Kier alpha value is -2.37. The molecule has 0 fully saturated rings. The molecule has 0 spiro atoms. The topological polar surface area (TPSA) is 77.1 Å². The number of hydrogen-bond donors (Lipinski definition) is 1. The van der Waals surface area contributed by atoms with E-state index < -0.39 is 12.0 Å². The lowest BCUT2D eigenvalue weighted by Crippen LogP contribution is -2.25. The van der Waals surface area contributed by atoms with Crippen LogP contribution in [0.5, 0.6) is 0 Å². The van der Waals surface area contributed by atoms with Crippen molar-refractivity contribution < 1.29 is 9.90 Å². The lowest BCUT2D eigenvalue weighted by molar-refractivity contribution is -0.139. The van der Waals surface area contributed by atoms with Crippen LogP contribution in [0.3, 0.4) is 0 Å². The lowest BCUT2D eigenvalue weighted by Gasteiger charge is -2.20. The van der Waals surface area contributed by atoms with Crippen LogP contribution in [0.25, 0.3) is 0 Å². The molecule has 1 N–H and O–H groups in total. The number of aliphatic carboxylic acids is 1. The Bertz CT molecular complexity index is 658. The van der Waals surface area contributed by atoms with Gasteiger partial charge in [-0.25, -0.2) is 4.79 Å². The number of carbonyl (C=O) groups is 1. The molecule has 0 aliphatic carbocycles. The van der Waals surface area contributed by atoms with Gasteiger partial charge in [-0.3, -0.25) is 9.48 Å². The number of hydrogen-bond acceptors (Lipinski definition) is 3. The van der Waals surface area contributed by atoms with E-state index in [0.717, 1.165) is 0 Å². The molecule has 0 saturated heterocycles. The van der Waals surface area contributed by atoms with Gasteiger partial charge >= 0.3 is 5.97 Å². The zero-order valence-corrected chi connectivity index (χ0v) is 11.0. The first-order valence-electron chi connectivity index (χ1n) is 5.81. The normalized spacial score (nSPS) is 12.4. The summed E-state index contributed by atoms with van der Waals surface area (Å²) in [5.41, 5.74) is 1.67. The second-order valence-electron chi connectivity index (χ2n) is 4.53. The van der Waals surface area contributed by atoms with Gasteiger partial charge in [0.25, 0.3) is 0 Å². The van der Waals surface area contributed by atoms with Crippen LogP contribution >= 0.6 is 0 Å². The van der Waals surface area contributed by atoms with Crippen LogP contribution < -0.4 is 5.43 Å². The third-order valence-corrected chi connectivity index (χ3v) is 2.99. The predicted octanol–water partition coefficient (Wildman–Crippen LogP) is 0.873. The zero-order chi connectivity index (χ0) is 14.2. The predicted molar refractivity (Wildman–Crippen MR) is 69.2 cm³/mol. The fourth-order valence-corrected chi connectivity index (χ4v) is 2.26. The summed E-state index contributed by atoms with van der Waals surface area (Å²) >= 11 is 0. The van der Waals surface area contributed by atoms with Crippen molar-refractivity contribution in [3.63, 3.8) is 0 Å². The number of pyridine rings is 1. The van der Waals surface area contributed by atoms with Gasteiger partial charge < -0.3 is 9.67 Å². The fraction of sp³-hybridized carbons (Fsp3) is 0.308. The molecule has 1 atom stereocenters. The molecule has 0 radical (unpaired) electrons. The molecule has 19 heavy (non-hydrogen) atoms. The standard InChI is InChI=1S/C13H15N3O3/c1-8-4-11(17)5-9(2)16(8)12(13(18)19)10-6-14-15(3)7-10/h4-7,12H,1-3H3,(H,18,19). The highest BCUT2D eigenvalue weighted by molar-refractivity contribution is 5.76. The Balaban J connectivity index is 2.64. The van der Waals surface area contributed by atoms with Crippen molar-refractivity contribution in [2.75, 3.05) is 0 Å². The van der Waals surface area contributed by atoms with E-state index in [9.17, 15) is 14.7 Å². The summed E-state index contributed by atoms with van der Waals surface area (Å²) in [6, 6.07) is 1.98. The Morgan fingerprint density at radius 3 is 2.32 bits per heavy atom. The van der Waals surface area contributed by atoms with Crippen molar-refractivity contribution >= 4 is 5.97 Å². The molecule has 100 valence electrons. The first kappa shape index (κ1) is 13.1. The van der Waals surface area contributed by atoms with E-state index in [-0.39, 0.29) is 5.43 Å². The Morgan fingerprint density at radius 2 is 1.89 bits per heavy atom. The van der Waals surface area contributed by atoms with E-state index in [2.05, 4.69) is 5.10 Å². The van der Waals surface area contributed by atoms with Gasteiger partial charge in [-0.05, 0) is 13.8 Å². The second kappa shape index (κ2) is 4.72. The van der Waals surface area contributed by atoms with E-state index >= 15 is 0 Å². The average Bonchev–Trinajstić information content (AvgIpc) is 2.69. The molecule has 0 aliphatic heterocycles. The van der Waals surface area contributed by atoms with Crippen molar-refractivity contribution in [3.05, 3.63) is 51.7 Å². The molecule has 6 heteroatoms. The molecule has 0 aromatic carbocycles. The molecule has 2 rings (SSSR count). The molecule has 2 heterocycles. The smallest absolute Gasteiger partial charge is 0.331 e. The molecular weight excluding hydrogens is 246 g/mol. The maximum absolute atomic E-state index is 11.6. The third kappa shape index (κ3) is 2.42. The Labute approximate surface area is 109 Å². The molecule has 6 nitrogen and oxygen atoms in total. The highest BCUT2D eigenvalue weighted by Gasteiger charge is 2.25. The van der Waals surface area contributed by atoms with Gasteiger partial charge in [-0.1, -0.05) is 0 Å². The van der Waals surface area contributed by atoms with Crippen molar-refractivity contribution in [1.29, 1.82) is 0 Å². The van der Waals surface area contributed by atoms with Gasteiger partial charge in [-0.2, -0.15) is 5.10 Å². The molecule has 2 aromatic rings. The van der Waals surface area contributed by atoms with Crippen LogP contribution in [0, 0.1) is 13.8 Å². The highest BCUT2D eigenvalue weighted by Crippen LogP contribution is 2.21. The maximum Gasteiger partial charge on any atom is 0.331 e. The summed E-state index contributed by atoms with van der Waals surface area (Å²) in [6.45, 7) is 3.45. The monoisotopic (exact) mass is 261 g/mol. The van der Waals surface area contributed by atoms with E-state index in [1.54, 1.807) is 36.3 Å². The maximum atomic E-state index is 11.6. The Morgan fingerprint density at radius 1 is 1.32 bits per heavy atom. The minimum atomic E-state index is -0.983. The average molecular weight is 261 g/mol. The number of rotatable bonds is 3. The van der Waals surface area contributed by atoms with E-state index in [4.69, 9.17) is 0 Å². The number of carboxylic acids is 1. The minimum absolute atomic E-state index is 0.124. The van der Waals surface area contributed by atoms with Crippen molar-refractivity contribution in [1.82, 2.24) is 14.3 Å². The van der Waals surface area contributed by atoms with Crippen LogP contribution in [0.4, 0.5) is 0 Å². The van der Waals surface area contributed by atoms with Gasteiger partial charge in [0.05, 0.1) is 6.20 Å². The van der Waals surface area contributed by atoms with Gasteiger partial charge in [0, 0.05) is 42.3 Å². The van der Waals surface area contributed by atoms with Crippen molar-refractivity contribution in [2.45, 2.75) is 19.9 Å². The summed E-state index contributed by atoms with van der Waals surface area (Å²) in [5.74, 6) is -0.983. The van der Waals surface area contributed by atoms with E-state index in [0.29, 0.717) is 17.0 Å². The van der Waals surface area contributed by atoms with Crippen LogP contribution in [0.15, 0.2) is 29.3 Å². The van der Waals surface area contributed by atoms with E-state index in [1.165, 1.54) is 18.3 Å². The quantitative estimate of drug-likeness (QED) is 0.889. The van der Waals surface area contributed by atoms with Crippen molar-refractivity contribution in [3.8, 4) is 0 Å². The summed E-state index contributed by atoms with van der Waals surface area (Å²) in [6.07, 6.45) is 3.19. The molecule has 0 amide bonds. The molecule has 0 bridgehead atoms. The second-order valence-corrected chi connectivity index (χ2v) is 4.53. The van der Waals surface area contributed by atoms with Crippen LogP contribution in [0.2, 0.25) is 0 Å². The van der Waals surface area contributed by atoms with Crippen molar-refractivity contribution in [2.24, 2.45) is 7.05 Å². The van der Waals surface area contributed by atoms with Gasteiger partial charge in [-0.15, -0.1) is 0 Å². The molecule has 2 aromatic heterocycles. The lowest BCUT2D eigenvalue weighted by atomic mass is 10.1. The Kier molecular flexibility index (Phi) is 3.25. The van der Waals surface area contributed by atoms with Crippen LogP contribution in [0.1, 0.15) is 23.0 Å². The SMILES string of the molecule is Cc1cc(=O)cc(C)n1C(C(=O)O)c1cnn(C)c1. The van der Waals surface area contributed by atoms with E-state index in [1.807, 2.05) is 0 Å². The molecule has 0 aliphatic rings. The number of aromatic nitrogens is 3. The number of nitrogens with zero attached hydrogens (tertiary/aromatic N) is 3. The fourth-order valence-electron chi connectivity index (χ4n) is 2.26. The first-order chi connectivity index (χ1) is 8.90. The first-order valence-corrected chi connectivity index (χ1v) is 5.81. The van der Waals surface area contributed by atoms with Gasteiger partial charge in [0.1, 0.15) is 0 Å². The highest BCUT2D eigenvalue weighted by atomic mass is 16.4. The third-order valence-electron chi connectivity index (χ3n) is 2.99.